The van der Waals surface area contributed by atoms with Crippen molar-refractivity contribution in [2.75, 3.05) is 13.2 Å². The number of nitrogens with zero attached hydrogens (tertiary/aromatic N) is 3. The first-order valence-corrected chi connectivity index (χ1v) is 8.88. The monoisotopic (exact) mass is 471 g/mol. The van der Waals surface area contributed by atoms with E-state index in [1.807, 2.05) is 29.9 Å². The Morgan fingerprint density at radius 2 is 1.92 bits per heavy atom. The molecular weight excluding hydrogens is 441 g/mol. The second kappa shape index (κ2) is 12.7. The molecule has 0 aliphatic heterocycles. The maximum Gasteiger partial charge on any atom is 0.191 e. The van der Waals surface area contributed by atoms with Crippen LogP contribution in [0.4, 0.5) is 0 Å². The van der Waals surface area contributed by atoms with Gasteiger partial charge in [0.2, 0.25) is 0 Å². The van der Waals surface area contributed by atoms with Gasteiger partial charge in [-0.15, -0.1) is 24.0 Å². The van der Waals surface area contributed by atoms with E-state index in [9.17, 15) is 0 Å². The van der Waals surface area contributed by atoms with E-state index in [1.54, 1.807) is 6.20 Å². The van der Waals surface area contributed by atoms with E-state index in [-0.39, 0.29) is 24.0 Å². The zero-order valence-corrected chi connectivity index (χ0v) is 18.2. The lowest BCUT2D eigenvalue weighted by molar-refractivity contribution is 0.121. The van der Waals surface area contributed by atoms with Gasteiger partial charge in [-0.3, -0.25) is 4.68 Å². The highest BCUT2D eigenvalue weighted by Crippen LogP contribution is 2.11. The van der Waals surface area contributed by atoms with Crippen LogP contribution in [-0.2, 0) is 31.5 Å². The Morgan fingerprint density at radius 1 is 1.15 bits per heavy atom. The largest absolute Gasteiger partial charge is 0.377 e. The number of rotatable bonds is 9. The second-order valence-electron chi connectivity index (χ2n) is 5.82. The van der Waals surface area contributed by atoms with Crippen molar-refractivity contribution in [1.29, 1.82) is 0 Å². The fourth-order valence-corrected chi connectivity index (χ4v) is 2.43. The first-order chi connectivity index (χ1) is 12.2. The zero-order valence-electron chi connectivity index (χ0n) is 15.9. The Morgan fingerprint density at radius 3 is 2.58 bits per heavy atom. The average molecular weight is 471 g/mol. The van der Waals surface area contributed by atoms with Crippen molar-refractivity contribution >= 4 is 29.9 Å². The molecule has 2 N–H and O–H groups in total. The van der Waals surface area contributed by atoms with Crippen LogP contribution in [0.5, 0.6) is 0 Å². The highest BCUT2D eigenvalue weighted by atomic mass is 127. The SMILES string of the molecule is CCCOCc1ccccc1CN=C(NCC)NCc1ccnn1C.I. The summed E-state index contributed by atoms with van der Waals surface area (Å²) in [5.41, 5.74) is 3.50. The summed E-state index contributed by atoms with van der Waals surface area (Å²) in [6.07, 6.45) is 2.83. The van der Waals surface area contributed by atoms with Gasteiger partial charge >= 0.3 is 0 Å². The van der Waals surface area contributed by atoms with E-state index < -0.39 is 0 Å². The second-order valence-corrected chi connectivity index (χ2v) is 5.82. The fraction of sp³-hybridized carbons (Fsp3) is 0.474. The van der Waals surface area contributed by atoms with Crippen molar-refractivity contribution in [1.82, 2.24) is 20.4 Å². The van der Waals surface area contributed by atoms with Crippen LogP contribution in [0.2, 0.25) is 0 Å². The van der Waals surface area contributed by atoms with Gasteiger partial charge in [-0.2, -0.15) is 5.10 Å². The summed E-state index contributed by atoms with van der Waals surface area (Å²) >= 11 is 0. The van der Waals surface area contributed by atoms with Crippen LogP contribution in [0.25, 0.3) is 0 Å². The highest BCUT2D eigenvalue weighted by molar-refractivity contribution is 14.0. The summed E-state index contributed by atoms with van der Waals surface area (Å²) in [6.45, 7) is 7.72. The number of hydrogen-bond acceptors (Lipinski definition) is 3. The number of ether oxygens (including phenoxy) is 1. The highest BCUT2D eigenvalue weighted by Gasteiger charge is 2.04. The molecule has 0 atom stereocenters. The summed E-state index contributed by atoms with van der Waals surface area (Å²) in [4.78, 5) is 4.71. The van der Waals surface area contributed by atoms with Gasteiger partial charge in [0.15, 0.2) is 5.96 Å². The first kappa shape index (κ1) is 22.4. The Bertz CT molecular complexity index is 671. The zero-order chi connectivity index (χ0) is 17.9. The lowest BCUT2D eigenvalue weighted by Gasteiger charge is -2.13. The minimum Gasteiger partial charge on any atom is -0.377 e. The van der Waals surface area contributed by atoms with Crippen LogP contribution in [0, 0.1) is 0 Å². The van der Waals surface area contributed by atoms with Crippen molar-refractivity contribution < 1.29 is 4.74 Å². The molecule has 1 aromatic heterocycles. The lowest BCUT2D eigenvalue weighted by atomic mass is 10.1. The predicted octanol–water partition coefficient (Wildman–Crippen LogP) is 3.22. The van der Waals surface area contributed by atoms with Crippen molar-refractivity contribution in [2.45, 2.75) is 40.0 Å². The Balaban J connectivity index is 0.00000338. The fourth-order valence-electron chi connectivity index (χ4n) is 2.43. The van der Waals surface area contributed by atoms with E-state index in [0.29, 0.717) is 19.7 Å². The van der Waals surface area contributed by atoms with Gasteiger partial charge < -0.3 is 15.4 Å². The molecule has 6 nitrogen and oxygen atoms in total. The van der Waals surface area contributed by atoms with Crippen LogP contribution in [0.1, 0.15) is 37.1 Å². The smallest absolute Gasteiger partial charge is 0.191 e. The summed E-state index contributed by atoms with van der Waals surface area (Å²) < 4.78 is 7.54. The molecule has 0 radical (unpaired) electrons. The van der Waals surface area contributed by atoms with Crippen LogP contribution in [0.3, 0.4) is 0 Å². The molecule has 0 amide bonds. The maximum atomic E-state index is 5.68. The van der Waals surface area contributed by atoms with Crippen LogP contribution < -0.4 is 10.6 Å². The van der Waals surface area contributed by atoms with Crippen LogP contribution in [0.15, 0.2) is 41.5 Å². The minimum absolute atomic E-state index is 0. The van der Waals surface area contributed by atoms with Gasteiger partial charge in [0.25, 0.3) is 0 Å². The molecule has 0 aliphatic rings. The van der Waals surface area contributed by atoms with E-state index in [4.69, 9.17) is 9.73 Å². The number of hydrogen-bond donors (Lipinski definition) is 2. The molecule has 0 unspecified atom stereocenters. The third kappa shape index (κ3) is 7.33. The summed E-state index contributed by atoms with van der Waals surface area (Å²) in [5, 5.41) is 10.8. The maximum absolute atomic E-state index is 5.68. The Labute approximate surface area is 173 Å². The molecule has 2 aromatic rings. The molecule has 26 heavy (non-hydrogen) atoms. The number of halogens is 1. The molecule has 7 heteroatoms. The van der Waals surface area contributed by atoms with Gasteiger partial charge in [0.05, 0.1) is 25.4 Å². The van der Waals surface area contributed by atoms with Gasteiger partial charge in [0, 0.05) is 26.4 Å². The molecule has 144 valence electrons. The van der Waals surface area contributed by atoms with Gasteiger partial charge in [-0.1, -0.05) is 31.2 Å². The van der Waals surface area contributed by atoms with E-state index in [2.05, 4.69) is 41.7 Å². The predicted molar refractivity (Wildman–Crippen MR) is 117 cm³/mol. The van der Waals surface area contributed by atoms with E-state index in [0.717, 1.165) is 31.2 Å². The standard InChI is InChI=1S/C19H29N5O.HI/c1-4-12-25-15-17-9-7-6-8-16(17)13-21-19(20-5-2)22-14-18-10-11-23-24(18)3;/h6-11H,4-5,12-15H2,1-3H3,(H2,20,21,22);1H. The van der Waals surface area contributed by atoms with Crippen molar-refractivity contribution in [2.24, 2.45) is 12.0 Å². The Hall–Kier alpha value is -1.61. The molecule has 0 fully saturated rings. The number of aryl methyl sites for hydroxylation is 1. The third-order valence-electron chi connectivity index (χ3n) is 3.84. The van der Waals surface area contributed by atoms with Crippen molar-refractivity contribution in [3.05, 3.63) is 53.3 Å². The minimum atomic E-state index is 0. The Kier molecular flexibility index (Phi) is 11.0. The third-order valence-corrected chi connectivity index (χ3v) is 3.84. The number of aromatic nitrogens is 2. The van der Waals surface area contributed by atoms with E-state index in [1.165, 1.54) is 11.1 Å². The lowest BCUT2D eigenvalue weighted by Crippen LogP contribution is -2.37. The molecule has 0 bridgehead atoms. The molecule has 0 aliphatic carbocycles. The molecule has 0 spiro atoms. The van der Waals surface area contributed by atoms with Crippen LogP contribution >= 0.6 is 24.0 Å². The quantitative estimate of drug-likeness (QED) is 0.255. The van der Waals surface area contributed by atoms with Crippen LogP contribution in [-0.4, -0.2) is 28.9 Å². The molecular formula is C19H30IN5O. The summed E-state index contributed by atoms with van der Waals surface area (Å²) in [5.74, 6) is 0.799. The molecule has 0 saturated heterocycles. The number of aliphatic imine (C=N–C) groups is 1. The van der Waals surface area contributed by atoms with Gasteiger partial charge in [-0.05, 0) is 30.5 Å². The molecule has 1 aromatic carbocycles. The topological polar surface area (TPSA) is 63.5 Å². The number of benzene rings is 1. The summed E-state index contributed by atoms with van der Waals surface area (Å²) in [6, 6.07) is 10.3. The number of nitrogens with one attached hydrogen (secondary N) is 2. The van der Waals surface area contributed by atoms with Crippen molar-refractivity contribution in [3.8, 4) is 0 Å². The van der Waals surface area contributed by atoms with Gasteiger partial charge in [0.1, 0.15) is 0 Å². The molecule has 2 rings (SSSR count). The van der Waals surface area contributed by atoms with E-state index >= 15 is 0 Å². The average Bonchev–Trinajstić information content (AvgIpc) is 3.03. The normalized spacial score (nSPS) is 11.1. The summed E-state index contributed by atoms with van der Waals surface area (Å²) in [7, 11) is 1.94. The first-order valence-electron chi connectivity index (χ1n) is 8.88. The molecule has 0 saturated carbocycles. The van der Waals surface area contributed by atoms with Gasteiger partial charge in [-0.25, -0.2) is 4.99 Å². The number of guanidine groups is 1. The molecule has 1 heterocycles. The van der Waals surface area contributed by atoms with Crippen molar-refractivity contribution in [3.63, 3.8) is 0 Å².